The normalized spacial score (nSPS) is 11.0. The van der Waals surface area contributed by atoms with E-state index in [4.69, 9.17) is 13.9 Å². The molecule has 0 radical (unpaired) electrons. The molecule has 0 atom stereocenters. The van der Waals surface area contributed by atoms with Crippen molar-refractivity contribution in [1.29, 1.82) is 0 Å². The van der Waals surface area contributed by atoms with Crippen LogP contribution >= 0.6 is 0 Å². The van der Waals surface area contributed by atoms with Gasteiger partial charge in [0.1, 0.15) is 40.9 Å². The number of allylic oxidation sites excluding steroid dienone is 1. The first-order chi connectivity index (χ1) is 16.9. The van der Waals surface area contributed by atoms with E-state index >= 15 is 0 Å². The molecule has 2 heterocycles. The predicted octanol–water partition coefficient (Wildman–Crippen LogP) is 3.78. The number of aryl methyl sites for hydroxylation is 1. The van der Waals surface area contributed by atoms with Crippen LogP contribution in [-0.4, -0.2) is 33.0 Å². The molecule has 4 aromatic rings. The molecular weight excluding hydrogens is 450 g/mol. The zero-order valence-corrected chi connectivity index (χ0v) is 19.2. The standard InChI is InChI=1S/C26H23N3O6/c1-17-13-24(31)25(26(32)35-17)23(30)12-7-18-3-10-22(11-4-18)34-16-20-15-29(28-27-20)14-19-5-8-21(33-2)9-6-19/h3-13,15,31H,14,16H2,1-2H3/b12-7+. The van der Waals surface area contributed by atoms with Crippen LogP contribution in [0.5, 0.6) is 17.2 Å². The molecule has 0 amide bonds. The molecule has 0 unspecified atom stereocenters. The molecule has 0 bridgehead atoms. The zero-order chi connectivity index (χ0) is 24.8. The van der Waals surface area contributed by atoms with E-state index in [0.29, 0.717) is 23.6 Å². The van der Waals surface area contributed by atoms with Crippen molar-refractivity contribution in [3.05, 3.63) is 105 Å². The van der Waals surface area contributed by atoms with Gasteiger partial charge in [-0.2, -0.15) is 0 Å². The molecule has 9 nitrogen and oxygen atoms in total. The van der Waals surface area contributed by atoms with Crippen LogP contribution in [0.3, 0.4) is 0 Å². The average molecular weight is 473 g/mol. The van der Waals surface area contributed by atoms with Gasteiger partial charge in [-0.15, -0.1) is 5.10 Å². The first kappa shape index (κ1) is 23.5. The summed E-state index contributed by atoms with van der Waals surface area (Å²) >= 11 is 0. The van der Waals surface area contributed by atoms with Crippen molar-refractivity contribution in [2.24, 2.45) is 0 Å². The Kier molecular flexibility index (Phi) is 7.06. The molecule has 0 aliphatic carbocycles. The lowest BCUT2D eigenvalue weighted by Crippen LogP contribution is -2.12. The quantitative estimate of drug-likeness (QED) is 0.288. The molecule has 0 saturated heterocycles. The molecular formula is C26H23N3O6. The van der Waals surface area contributed by atoms with Crippen LogP contribution < -0.4 is 15.1 Å². The van der Waals surface area contributed by atoms with E-state index < -0.39 is 22.7 Å². The Morgan fingerprint density at radius 3 is 2.51 bits per heavy atom. The van der Waals surface area contributed by atoms with Gasteiger partial charge in [-0.05, 0) is 48.4 Å². The van der Waals surface area contributed by atoms with Gasteiger partial charge in [0, 0.05) is 6.07 Å². The molecule has 0 aliphatic rings. The number of aromatic hydroxyl groups is 1. The van der Waals surface area contributed by atoms with Gasteiger partial charge < -0.3 is 19.0 Å². The van der Waals surface area contributed by atoms with Crippen molar-refractivity contribution in [2.45, 2.75) is 20.1 Å². The number of nitrogens with zero attached hydrogens (tertiary/aromatic N) is 3. The molecule has 0 fully saturated rings. The number of aromatic nitrogens is 3. The van der Waals surface area contributed by atoms with Gasteiger partial charge in [0.2, 0.25) is 0 Å². The van der Waals surface area contributed by atoms with Crippen molar-refractivity contribution < 1.29 is 23.8 Å². The van der Waals surface area contributed by atoms with Crippen LogP contribution in [0, 0.1) is 6.92 Å². The van der Waals surface area contributed by atoms with E-state index in [1.165, 1.54) is 25.1 Å². The number of ether oxygens (including phenoxy) is 2. The van der Waals surface area contributed by atoms with Crippen molar-refractivity contribution in [1.82, 2.24) is 15.0 Å². The van der Waals surface area contributed by atoms with E-state index in [1.54, 1.807) is 36.1 Å². The molecule has 2 aromatic carbocycles. The number of hydrogen-bond acceptors (Lipinski definition) is 8. The number of carbonyl (C=O) groups excluding carboxylic acids is 1. The van der Waals surface area contributed by atoms with Crippen LogP contribution in [-0.2, 0) is 13.2 Å². The van der Waals surface area contributed by atoms with Crippen LogP contribution in [0.25, 0.3) is 6.08 Å². The van der Waals surface area contributed by atoms with E-state index in [9.17, 15) is 14.7 Å². The Labute approximate surface area is 200 Å². The van der Waals surface area contributed by atoms with Gasteiger partial charge in [-0.3, -0.25) is 4.79 Å². The topological polar surface area (TPSA) is 117 Å². The second kappa shape index (κ2) is 10.5. The minimum Gasteiger partial charge on any atom is -0.507 e. The summed E-state index contributed by atoms with van der Waals surface area (Å²) in [5.74, 6) is 0.596. The summed E-state index contributed by atoms with van der Waals surface area (Å²) in [5, 5.41) is 18.1. The number of hydrogen-bond donors (Lipinski definition) is 1. The van der Waals surface area contributed by atoms with E-state index in [2.05, 4.69) is 10.3 Å². The van der Waals surface area contributed by atoms with Crippen LogP contribution in [0.2, 0.25) is 0 Å². The third kappa shape index (κ3) is 6.02. The minimum absolute atomic E-state index is 0.225. The van der Waals surface area contributed by atoms with Crippen molar-refractivity contribution >= 4 is 11.9 Å². The van der Waals surface area contributed by atoms with Crippen LogP contribution in [0.4, 0.5) is 0 Å². The summed E-state index contributed by atoms with van der Waals surface area (Å²) in [6.07, 6.45) is 4.57. The van der Waals surface area contributed by atoms with Crippen molar-refractivity contribution in [3.63, 3.8) is 0 Å². The van der Waals surface area contributed by atoms with Gasteiger partial charge in [-0.1, -0.05) is 35.6 Å². The molecule has 178 valence electrons. The number of methoxy groups -OCH3 is 1. The molecule has 1 N–H and O–H groups in total. The Balaban J connectivity index is 1.32. The molecule has 35 heavy (non-hydrogen) atoms. The summed E-state index contributed by atoms with van der Waals surface area (Å²) in [6, 6.07) is 16.0. The maximum absolute atomic E-state index is 12.3. The summed E-state index contributed by atoms with van der Waals surface area (Å²) < 4.78 is 17.5. The number of benzene rings is 2. The molecule has 4 rings (SSSR count). The predicted molar refractivity (Wildman–Crippen MR) is 128 cm³/mol. The molecule has 0 spiro atoms. The van der Waals surface area contributed by atoms with Crippen molar-refractivity contribution in [2.75, 3.05) is 7.11 Å². The van der Waals surface area contributed by atoms with Gasteiger partial charge in [-0.25, -0.2) is 9.48 Å². The maximum Gasteiger partial charge on any atom is 0.351 e. The van der Waals surface area contributed by atoms with E-state index in [0.717, 1.165) is 11.3 Å². The second-order valence-corrected chi connectivity index (χ2v) is 7.72. The van der Waals surface area contributed by atoms with Gasteiger partial charge >= 0.3 is 5.63 Å². The number of carbonyl (C=O) groups is 1. The van der Waals surface area contributed by atoms with Crippen LogP contribution in [0.15, 0.2) is 76.1 Å². The third-order valence-electron chi connectivity index (χ3n) is 5.08. The lowest BCUT2D eigenvalue weighted by molar-refractivity contribution is 0.104. The summed E-state index contributed by atoms with van der Waals surface area (Å²) in [6.45, 7) is 2.34. The fourth-order valence-corrected chi connectivity index (χ4v) is 3.31. The largest absolute Gasteiger partial charge is 0.507 e. The first-order valence-corrected chi connectivity index (χ1v) is 10.7. The van der Waals surface area contributed by atoms with Gasteiger partial charge in [0.05, 0.1) is 19.9 Å². The van der Waals surface area contributed by atoms with E-state index in [-0.39, 0.29) is 12.4 Å². The second-order valence-electron chi connectivity index (χ2n) is 7.72. The average Bonchev–Trinajstić information content (AvgIpc) is 3.29. The summed E-state index contributed by atoms with van der Waals surface area (Å²) in [7, 11) is 1.63. The maximum atomic E-state index is 12.3. The lowest BCUT2D eigenvalue weighted by Gasteiger charge is -2.04. The smallest absolute Gasteiger partial charge is 0.351 e. The molecule has 0 saturated carbocycles. The fourth-order valence-electron chi connectivity index (χ4n) is 3.31. The highest BCUT2D eigenvalue weighted by Gasteiger charge is 2.15. The highest BCUT2D eigenvalue weighted by atomic mass is 16.5. The summed E-state index contributed by atoms with van der Waals surface area (Å²) in [4.78, 5) is 24.1. The molecule has 2 aromatic heterocycles. The minimum atomic E-state index is -0.873. The number of rotatable bonds is 9. The highest BCUT2D eigenvalue weighted by Crippen LogP contribution is 2.18. The Morgan fingerprint density at radius 1 is 1.11 bits per heavy atom. The third-order valence-corrected chi connectivity index (χ3v) is 5.08. The van der Waals surface area contributed by atoms with Crippen molar-refractivity contribution in [3.8, 4) is 17.2 Å². The van der Waals surface area contributed by atoms with E-state index in [1.807, 2.05) is 30.5 Å². The van der Waals surface area contributed by atoms with Gasteiger partial charge in [0.25, 0.3) is 0 Å². The highest BCUT2D eigenvalue weighted by molar-refractivity contribution is 6.08. The Morgan fingerprint density at radius 2 is 1.83 bits per heavy atom. The lowest BCUT2D eigenvalue weighted by atomic mass is 10.1. The Bertz CT molecular complexity index is 1400. The summed E-state index contributed by atoms with van der Waals surface area (Å²) in [5.41, 5.74) is 1.20. The Hall–Kier alpha value is -4.66. The van der Waals surface area contributed by atoms with Gasteiger partial charge in [0.15, 0.2) is 5.78 Å². The number of ketones is 1. The SMILES string of the molecule is COc1ccc(Cn2cc(COc3ccc(/C=C/C(=O)c4c(O)cc(C)oc4=O)cc3)nn2)cc1. The first-order valence-electron chi connectivity index (χ1n) is 10.7. The molecule has 9 heteroatoms. The fraction of sp³-hybridized carbons (Fsp3) is 0.154. The monoisotopic (exact) mass is 473 g/mol. The molecule has 0 aliphatic heterocycles. The van der Waals surface area contributed by atoms with Crippen LogP contribution in [0.1, 0.15) is 32.9 Å². The zero-order valence-electron chi connectivity index (χ0n) is 19.2.